The van der Waals surface area contributed by atoms with E-state index in [1.165, 1.54) is 0 Å². The van der Waals surface area contributed by atoms with Crippen molar-refractivity contribution >= 4 is 0 Å². The third-order valence-electron chi connectivity index (χ3n) is 1.20. The van der Waals surface area contributed by atoms with Gasteiger partial charge in [0.25, 0.3) is 5.92 Å². The summed E-state index contributed by atoms with van der Waals surface area (Å²) in [5.74, 6) is -3.69. The highest BCUT2D eigenvalue weighted by atomic mass is 19.4. The largest absolute Gasteiger partial charge is 0.419 e. The van der Waals surface area contributed by atoms with Crippen molar-refractivity contribution in [1.29, 1.82) is 0 Å². The molecule has 0 saturated heterocycles. The van der Waals surface area contributed by atoms with Crippen LogP contribution >= 0.6 is 0 Å². The third kappa shape index (κ3) is 3.82. The normalized spacial score (nSPS) is 16.2. The first-order valence-electron chi connectivity index (χ1n) is 3.07. The van der Waals surface area contributed by atoms with Crippen LogP contribution in [0, 0.1) is 6.92 Å². The quantitative estimate of drug-likeness (QED) is 0.604. The zero-order chi connectivity index (χ0) is 9.99. The van der Waals surface area contributed by atoms with Gasteiger partial charge in [-0.25, -0.2) is 13.2 Å². The molecule has 0 spiro atoms. The van der Waals surface area contributed by atoms with Crippen molar-refractivity contribution < 1.29 is 26.3 Å². The third-order valence-corrected chi connectivity index (χ3v) is 1.20. The predicted molar refractivity (Wildman–Crippen MR) is 30.5 cm³/mol. The molecule has 0 unspecified atom stereocenters. The lowest BCUT2D eigenvalue weighted by molar-refractivity contribution is -0.198. The molecule has 73 valence electrons. The van der Waals surface area contributed by atoms with Crippen molar-refractivity contribution in [3.05, 3.63) is 6.92 Å². The van der Waals surface area contributed by atoms with Gasteiger partial charge in [-0.3, -0.25) is 0 Å². The Bertz CT molecular complexity index is 137. The zero-order valence-electron chi connectivity index (χ0n) is 5.97. The summed E-state index contributed by atoms with van der Waals surface area (Å²) >= 11 is 0. The van der Waals surface area contributed by atoms with Gasteiger partial charge in [0.05, 0.1) is 6.42 Å². The predicted octanol–water partition coefficient (Wildman–Crippen LogP) is 3.14. The molecule has 0 nitrogen and oxygen atoms in total. The smallest absolute Gasteiger partial charge is 0.237 e. The topological polar surface area (TPSA) is 0 Å². The van der Waals surface area contributed by atoms with Crippen LogP contribution in [-0.4, -0.2) is 18.3 Å². The first kappa shape index (κ1) is 11.6. The second-order valence-corrected chi connectivity index (χ2v) is 2.32. The lowest BCUT2D eigenvalue weighted by Crippen LogP contribution is -2.31. The van der Waals surface area contributed by atoms with Gasteiger partial charge in [0.15, 0.2) is 0 Å². The summed E-state index contributed by atoms with van der Waals surface area (Å²) in [5, 5.41) is 0. The molecule has 12 heavy (non-hydrogen) atoms. The maximum Gasteiger partial charge on any atom is 0.419 e. The minimum Gasteiger partial charge on any atom is -0.237 e. The molecular formula is C6H7F6. The van der Waals surface area contributed by atoms with Crippen molar-refractivity contribution in [2.24, 2.45) is 0 Å². The van der Waals surface area contributed by atoms with E-state index in [9.17, 15) is 26.3 Å². The van der Waals surface area contributed by atoms with E-state index in [0.717, 1.165) is 0 Å². The van der Waals surface area contributed by atoms with E-state index < -0.39 is 31.1 Å². The van der Waals surface area contributed by atoms with E-state index in [4.69, 9.17) is 0 Å². The van der Waals surface area contributed by atoms with Crippen molar-refractivity contribution in [2.75, 3.05) is 0 Å². The molecule has 1 atom stereocenters. The van der Waals surface area contributed by atoms with E-state index >= 15 is 0 Å². The minimum absolute atomic E-state index is 1.04. The van der Waals surface area contributed by atoms with Crippen molar-refractivity contribution in [1.82, 2.24) is 0 Å². The Kier molecular flexibility index (Phi) is 3.41. The number of rotatable bonds is 3. The molecule has 0 saturated carbocycles. The maximum atomic E-state index is 12.1. The first-order chi connectivity index (χ1) is 5.19. The molecule has 0 aliphatic carbocycles. The van der Waals surface area contributed by atoms with Gasteiger partial charge in [-0.15, -0.1) is 0 Å². The lowest BCUT2D eigenvalue weighted by Gasteiger charge is -2.18. The fourth-order valence-electron chi connectivity index (χ4n) is 0.480. The molecule has 0 heterocycles. The summed E-state index contributed by atoms with van der Waals surface area (Å²) in [6.07, 6.45) is -11.6. The second-order valence-electron chi connectivity index (χ2n) is 2.32. The fourth-order valence-corrected chi connectivity index (χ4v) is 0.480. The SMILES string of the molecule is [CH2]CC(F)(F)C[C@H](F)C(F)(F)F. The summed E-state index contributed by atoms with van der Waals surface area (Å²) in [4.78, 5) is 0. The summed E-state index contributed by atoms with van der Waals surface area (Å²) in [6.45, 7) is 2.71. The van der Waals surface area contributed by atoms with E-state index in [0.29, 0.717) is 0 Å². The zero-order valence-corrected chi connectivity index (χ0v) is 5.97. The summed E-state index contributed by atoms with van der Waals surface area (Å²) in [7, 11) is 0. The molecule has 0 amide bonds. The van der Waals surface area contributed by atoms with Gasteiger partial charge < -0.3 is 0 Å². The van der Waals surface area contributed by atoms with Crippen LogP contribution in [0.3, 0.4) is 0 Å². The summed E-state index contributed by atoms with van der Waals surface area (Å²) < 4.78 is 70.4. The molecule has 0 aliphatic heterocycles. The highest BCUT2D eigenvalue weighted by molar-refractivity contribution is 4.76. The molecule has 0 bridgehead atoms. The van der Waals surface area contributed by atoms with Crippen LogP contribution in [-0.2, 0) is 0 Å². The van der Waals surface area contributed by atoms with Crippen LogP contribution in [0.25, 0.3) is 0 Å². The molecule has 0 rings (SSSR count). The molecule has 0 aliphatic rings. The van der Waals surface area contributed by atoms with Crippen molar-refractivity contribution in [3.63, 3.8) is 0 Å². The van der Waals surface area contributed by atoms with Gasteiger partial charge in [0.1, 0.15) is 0 Å². The lowest BCUT2D eigenvalue weighted by atomic mass is 10.1. The summed E-state index contributed by atoms with van der Waals surface area (Å²) in [6, 6.07) is 0. The molecule has 0 aromatic carbocycles. The van der Waals surface area contributed by atoms with Crippen LogP contribution < -0.4 is 0 Å². The monoisotopic (exact) mass is 193 g/mol. The molecule has 6 heteroatoms. The number of halogens is 6. The molecular weight excluding hydrogens is 186 g/mol. The van der Waals surface area contributed by atoms with Crippen LogP contribution in [0.2, 0.25) is 0 Å². The summed E-state index contributed by atoms with van der Waals surface area (Å²) in [5.41, 5.74) is 0. The van der Waals surface area contributed by atoms with Gasteiger partial charge in [-0.2, -0.15) is 13.2 Å². The molecule has 0 aromatic heterocycles. The average molecular weight is 193 g/mol. The maximum absolute atomic E-state index is 12.1. The fraction of sp³-hybridized carbons (Fsp3) is 0.833. The van der Waals surface area contributed by atoms with Gasteiger partial charge >= 0.3 is 6.18 Å². The van der Waals surface area contributed by atoms with Gasteiger partial charge in [-0.05, 0) is 6.92 Å². The Morgan fingerprint density at radius 3 is 1.75 bits per heavy atom. The highest BCUT2D eigenvalue weighted by Crippen LogP contribution is 2.33. The highest BCUT2D eigenvalue weighted by Gasteiger charge is 2.45. The van der Waals surface area contributed by atoms with Crippen LogP contribution in [0.4, 0.5) is 26.3 Å². The van der Waals surface area contributed by atoms with Crippen LogP contribution in [0.15, 0.2) is 0 Å². The Hall–Kier alpha value is -0.420. The first-order valence-corrected chi connectivity index (χ1v) is 3.07. The number of hydrogen-bond donors (Lipinski definition) is 0. The Morgan fingerprint density at radius 1 is 1.08 bits per heavy atom. The van der Waals surface area contributed by atoms with E-state index in [1.807, 2.05) is 0 Å². The van der Waals surface area contributed by atoms with Crippen molar-refractivity contribution in [3.8, 4) is 0 Å². The average Bonchev–Trinajstić information content (AvgIpc) is 1.85. The van der Waals surface area contributed by atoms with Gasteiger partial charge in [0, 0.05) is 6.42 Å². The van der Waals surface area contributed by atoms with Crippen LogP contribution in [0.1, 0.15) is 12.8 Å². The van der Waals surface area contributed by atoms with Crippen molar-refractivity contribution in [2.45, 2.75) is 31.1 Å². The molecule has 0 fully saturated rings. The second kappa shape index (κ2) is 3.53. The van der Waals surface area contributed by atoms with Crippen LogP contribution in [0.5, 0.6) is 0 Å². The van der Waals surface area contributed by atoms with Gasteiger partial charge in [0.2, 0.25) is 6.17 Å². The Labute approximate surface area is 65.6 Å². The van der Waals surface area contributed by atoms with E-state index in [2.05, 4.69) is 6.92 Å². The standard InChI is InChI=1S/C6H7F6/c1-2-5(8,9)3-4(7)6(10,11)12/h4H,1-3H2/t4-/m0/s1. The Morgan fingerprint density at radius 2 is 1.50 bits per heavy atom. The number of alkyl halides is 6. The minimum atomic E-state index is -5.21. The van der Waals surface area contributed by atoms with E-state index in [1.54, 1.807) is 0 Å². The molecule has 0 aromatic rings. The number of hydrogen-bond acceptors (Lipinski definition) is 0. The molecule has 0 N–H and O–H groups in total. The van der Waals surface area contributed by atoms with Gasteiger partial charge in [-0.1, -0.05) is 0 Å². The van der Waals surface area contributed by atoms with E-state index in [-0.39, 0.29) is 0 Å². The molecule has 1 radical (unpaired) electrons. The Balaban J connectivity index is 4.09.